The number of hydrogen-bond donors (Lipinski definition) is 0. The molecule has 0 aliphatic carbocycles. The summed E-state index contributed by atoms with van der Waals surface area (Å²) in [5.41, 5.74) is 0. The Morgan fingerprint density at radius 2 is 2.17 bits per heavy atom. The van der Waals surface area contributed by atoms with Crippen molar-refractivity contribution < 1.29 is 14.3 Å². The van der Waals surface area contributed by atoms with Gasteiger partial charge in [-0.2, -0.15) is 0 Å². The molecule has 0 heterocycles. The van der Waals surface area contributed by atoms with Crippen molar-refractivity contribution in [3.8, 4) is 0 Å². The molecule has 0 aromatic heterocycles. The summed E-state index contributed by atoms with van der Waals surface area (Å²) in [7, 11) is 0. The fourth-order valence-corrected chi connectivity index (χ4v) is 0.736. The third-order valence-corrected chi connectivity index (χ3v) is 1.41. The van der Waals surface area contributed by atoms with Crippen LogP contribution in [0.4, 0.5) is 0 Å². The summed E-state index contributed by atoms with van der Waals surface area (Å²) < 4.78 is 10.5. The molecule has 12 heavy (non-hydrogen) atoms. The van der Waals surface area contributed by atoms with E-state index in [9.17, 15) is 4.79 Å². The molecule has 0 bridgehead atoms. The number of ketones is 1. The summed E-state index contributed by atoms with van der Waals surface area (Å²) >= 11 is 0. The van der Waals surface area contributed by atoms with Crippen molar-refractivity contribution >= 4 is 5.78 Å². The molecule has 0 saturated heterocycles. The lowest BCUT2D eigenvalue weighted by atomic mass is 10.3. The second-order valence-electron chi connectivity index (χ2n) is 2.79. The van der Waals surface area contributed by atoms with Crippen LogP contribution in [0.25, 0.3) is 0 Å². The lowest BCUT2D eigenvalue weighted by molar-refractivity contribution is -0.118. The Morgan fingerprint density at radius 1 is 1.50 bits per heavy atom. The third kappa shape index (κ3) is 7.69. The first-order valence-corrected chi connectivity index (χ1v) is 4.35. The molecule has 0 fully saturated rings. The van der Waals surface area contributed by atoms with E-state index in [1.165, 1.54) is 0 Å². The van der Waals surface area contributed by atoms with E-state index in [2.05, 4.69) is 0 Å². The first-order chi connectivity index (χ1) is 5.66. The molecule has 0 spiro atoms. The van der Waals surface area contributed by atoms with E-state index in [4.69, 9.17) is 9.47 Å². The number of hydrogen-bond acceptors (Lipinski definition) is 3. The van der Waals surface area contributed by atoms with Gasteiger partial charge in [-0.25, -0.2) is 0 Å². The Bertz CT molecular complexity index is 123. The molecule has 0 aliphatic heterocycles. The molecule has 0 N–H and O–H groups in total. The number of ether oxygens (including phenoxy) is 2. The van der Waals surface area contributed by atoms with E-state index in [0.29, 0.717) is 26.2 Å². The fraction of sp³-hybridized carbons (Fsp3) is 0.889. The molecule has 1 atom stereocenters. The average Bonchev–Trinajstić information content (AvgIpc) is 2.00. The van der Waals surface area contributed by atoms with E-state index < -0.39 is 0 Å². The Hall–Kier alpha value is -0.410. The standard InChI is InChI=1S/C9H18O3/c1-4-11-7-9(3)12-6-5-8(2)10/h9H,4-7H2,1-3H3. The highest BCUT2D eigenvalue weighted by Crippen LogP contribution is 1.94. The van der Waals surface area contributed by atoms with Crippen molar-refractivity contribution in [3.63, 3.8) is 0 Å². The summed E-state index contributed by atoms with van der Waals surface area (Å²) in [4.78, 5) is 10.5. The molecule has 0 saturated carbocycles. The summed E-state index contributed by atoms with van der Waals surface area (Å²) in [6.07, 6.45) is 0.584. The molecular weight excluding hydrogens is 156 g/mol. The van der Waals surface area contributed by atoms with Crippen LogP contribution in [-0.4, -0.2) is 31.7 Å². The Labute approximate surface area is 74.0 Å². The molecule has 0 amide bonds. The highest BCUT2D eigenvalue weighted by atomic mass is 16.5. The quantitative estimate of drug-likeness (QED) is 0.585. The van der Waals surface area contributed by atoms with Gasteiger partial charge in [0.1, 0.15) is 5.78 Å². The van der Waals surface area contributed by atoms with Gasteiger partial charge in [0, 0.05) is 13.0 Å². The van der Waals surface area contributed by atoms with Crippen LogP contribution >= 0.6 is 0 Å². The number of Topliss-reactive ketones (excluding diaryl/α,β-unsaturated/α-hetero) is 1. The van der Waals surface area contributed by atoms with E-state index >= 15 is 0 Å². The lowest BCUT2D eigenvalue weighted by Gasteiger charge is -2.11. The van der Waals surface area contributed by atoms with Gasteiger partial charge in [0.15, 0.2) is 0 Å². The molecule has 0 aliphatic rings. The van der Waals surface area contributed by atoms with Crippen molar-refractivity contribution in [1.82, 2.24) is 0 Å². The maximum absolute atomic E-state index is 10.5. The molecule has 3 nitrogen and oxygen atoms in total. The van der Waals surface area contributed by atoms with Gasteiger partial charge in [0.25, 0.3) is 0 Å². The maximum atomic E-state index is 10.5. The Kier molecular flexibility index (Phi) is 7.00. The predicted octanol–water partition coefficient (Wildman–Crippen LogP) is 1.41. The first kappa shape index (κ1) is 11.6. The van der Waals surface area contributed by atoms with Crippen LogP contribution in [0, 0.1) is 0 Å². The van der Waals surface area contributed by atoms with E-state index in [0.717, 1.165) is 0 Å². The van der Waals surface area contributed by atoms with Crippen LogP contribution in [0.15, 0.2) is 0 Å². The third-order valence-electron chi connectivity index (χ3n) is 1.41. The summed E-state index contributed by atoms with van der Waals surface area (Å²) in [6, 6.07) is 0. The van der Waals surface area contributed by atoms with Gasteiger partial charge in [0.2, 0.25) is 0 Å². The monoisotopic (exact) mass is 174 g/mol. The van der Waals surface area contributed by atoms with Crippen LogP contribution < -0.4 is 0 Å². The van der Waals surface area contributed by atoms with E-state index in [1.54, 1.807) is 6.92 Å². The summed E-state index contributed by atoms with van der Waals surface area (Å²) in [5, 5.41) is 0. The molecule has 0 rings (SSSR count). The van der Waals surface area contributed by atoms with Gasteiger partial charge in [-0.15, -0.1) is 0 Å². The Morgan fingerprint density at radius 3 is 2.67 bits per heavy atom. The second kappa shape index (κ2) is 7.25. The van der Waals surface area contributed by atoms with Gasteiger partial charge < -0.3 is 9.47 Å². The van der Waals surface area contributed by atoms with Crippen molar-refractivity contribution in [2.45, 2.75) is 33.3 Å². The minimum atomic E-state index is 0.0873. The van der Waals surface area contributed by atoms with Crippen molar-refractivity contribution in [3.05, 3.63) is 0 Å². The minimum absolute atomic E-state index is 0.0873. The smallest absolute Gasteiger partial charge is 0.132 e. The normalized spacial score (nSPS) is 12.9. The molecule has 0 aromatic carbocycles. The zero-order chi connectivity index (χ0) is 9.40. The van der Waals surface area contributed by atoms with Gasteiger partial charge in [-0.1, -0.05) is 0 Å². The molecule has 0 aromatic rings. The van der Waals surface area contributed by atoms with Crippen LogP contribution in [0.1, 0.15) is 27.2 Å². The van der Waals surface area contributed by atoms with E-state index in [-0.39, 0.29) is 11.9 Å². The first-order valence-electron chi connectivity index (χ1n) is 4.35. The summed E-state index contributed by atoms with van der Waals surface area (Å²) in [6.45, 7) is 7.27. The van der Waals surface area contributed by atoms with Crippen molar-refractivity contribution in [1.29, 1.82) is 0 Å². The Balaban J connectivity index is 3.19. The lowest BCUT2D eigenvalue weighted by Crippen LogP contribution is -2.17. The van der Waals surface area contributed by atoms with Gasteiger partial charge >= 0.3 is 0 Å². The number of carbonyl (C=O) groups is 1. The zero-order valence-electron chi connectivity index (χ0n) is 8.13. The van der Waals surface area contributed by atoms with Crippen molar-refractivity contribution in [2.24, 2.45) is 0 Å². The van der Waals surface area contributed by atoms with Gasteiger partial charge in [-0.3, -0.25) is 4.79 Å². The molecular formula is C9H18O3. The fourth-order valence-electron chi connectivity index (χ4n) is 0.736. The molecule has 1 unspecified atom stereocenters. The molecule has 3 heteroatoms. The predicted molar refractivity (Wildman–Crippen MR) is 47.2 cm³/mol. The van der Waals surface area contributed by atoms with E-state index in [1.807, 2.05) is 13.8 Å². The summed E-state index contributed by atoms with van der Waals surface area (Å²) in [5.74, 6) is 0.165. The SMILES string of the molecule is CCOCC(C)OCCC(C)=O. The topological polar surface area (TPSA) is 35.5 Å². The van der Waals surface area contributed by atoms with Crippen LogP contribution in [-0.2, 0) is 14.3 Å². The minimum Gasteiger partial charge on any atom is -0.379 e. The zero-order valence-corrected chi connectivity index (χ0v) is 8.13. The van der Waals surface area contributed by atoms with Crippen LogP contribution in [0.3, 0.4) is 0 Å². The van der Waals surface area contributed by atoms with Gasteiger partial charge in [-0.05, 0) is 20.8 Å². The maximum Gasteiger partial charge on any atom is 0.132 e. The highest BCUT2D eigenvalue weighted by Gasteiger charge is 2.01. The highest BCUT2D eigenvalue weighted by molar-refractivity contribution is 5.75. The van der Waals surface area contributed by atoms with Crippen LogP contribution in [0.2, 0.25) is 0 Å². The van der Waals surface area contributed by atoms with Gasteiger partial charge in [0.05, 0.1) is 19.3 Å². The average molecular weight is 174 g/mol. The largest absolute Gasteiger partial charge is 0.379 e. The second-order valence-corrected chi connectivity index (χ2v) is 2.79. The van der Waals surface area contributed by atoms with Crippen molar-refractivity contribution in [2.75, 3.05) is 19.8 Å². The molecule has 72 valence electrons. The number of carbonyl (C=O) groups excluding carboxylic acids is 1. The molecule has 0 radical (unpaired) electrons. The van der Waals surface area contributed by atoms with Crippen LogP contribution in [0.5, 0.6) is 0 Å². The number of rotatable bonds is 7.